The predicted molar refractivity (Wildman–Crippen MR) is 120 cm³/mol. The molecule has 0 bridgehead atoms. The van der Waals surface area contributed by atoms with Crippen LogP contribution in [0.25, 0.3) is 11.1 Å². The molecule has 5 nitrogen and oxygen atoms in total. The van der Waals surface area contributed by atoms with Crippen LogP contribution < -0.4 is 0 Å². The van der Waals surface area contributed by atoms with Crippen molar-refractivity contribution >= 4 is 17.7 Å². The lowest BCUT2D eigenvalue weighted by molar-refractivity contribution is -0.143. The second-order valence-corrected chi connectivity index (χ2v) is 9.35. The highest BCUT2D eigenvalue weighted by Gasteiger charge is 2.57. The van der Waals surface area contributed by atoms with Crippen LogP contribution in [0.3, 0.4) is 0 Å². The van der Waals surface area contributed by atoms with Crippen LogP contribution in [0.15, 0.2) is 54.6 Å². The Hall–Kier alpha value is -2.95. The SMILES string of the molecule is CC(C)CN(C)C(=O)C[C@@]1(c2ccc(-c3ccccc3)cc2)CC(=O)N(C2CC2)C1=O. The van der Waals surface area contributed by atoms with E-state index in [9.17, 15) is 14.4 Å². The van der Waals surface area contributed by atoms with Gasteiger partial charge in [0.1, 0.15) is 0 Å². The van der Waals surface area contributed by atoms with E-state index in [1.165, 1.54) is 4.90 Å². The number of hydrogen-bond donors (Lipinski definition) is 0. The fourth-order valence-corrected chi connectivity index (χ4v) is 4.59. The minimum Gasteiger partial charge on any atom is -0.345 e. The summed E-state index contributed by atoms with van der Waals surface area (Å²) < 4.78 is 0. The predicted octanol–water partition coefficient (Wildman–Crippen LogP) is 4.02. The fourth-order valence-electron chi connectivity index (χ4n) is 4.59. The molecule has 1 atom stereocenters. The van der Waals surface area contributed by atoms with Gasteiger partial charge in [0, 0.05) is 32.5 Å². The molecular weight excluding hydrogens is 388 g/mol. The van der Waals surface area contributed by atoms with Crippen molar-refractivity contribution in [1.29, 1.82) is 0 Å². The molecule has 0 spiro atoms. The van der Waals surface area contributed by atoms with Gasteiger partial charge in [-0.3, -0.25) is 19.3 Å². The number of benzene rings is 2. The molecule has 0 radical (unpaired) electrons. The number of hydrogen-bond acceptors (Lipinski definition) is 3. The summed E-state index contributed by atoms with van der Waals surface area (Å²) in [6.45, 7) is 4.73. The van der Waals surface area contributed by atoms with E-state index in [1.807, 2.05) is 54.6 Å². The highest BCUT2D eigenvalue weighted by atomic mass is 16.2. The fraction of sp³-hybridized carbons (Fsp3) is 0.423. The van der Waals surface area contributed by atoms with Crippen LogP contribution in [0.4, 0.5) is 0 Å². The molecular formula is C26H30N2O3. The van der Waals surface area contributed by atoms with Gasteiger partial charge in [-0.15, -0.1) is 0 Å². The Morgan fingerprint density at radius 3 is 2.23 bits per heavy atom. The normalized spacial score (nSPS) is 21.1. The van der Waals surface area contributed by atoms with E-state index >= 15 is 0 Å². The van der Waals surface area contributed by atoms with E-state index in [0.29, 0.717) is 12.5 Å². The van der Waals surface area contributed by atoms with Gasteiger partial charge in [0.2, 0.25) is 17.7 Å². The zero-order valence-electron chi connectivity index (χ0n) is 18.5. The van der Waals surface area contributed by atoms with Crippen molar-refractivity contribution in [2.24, 2.45) is 5.92 Å². The summed E-state index contributed by atoms with van der Waals surface area (Å²) in [5.74, 6) is -0.128. The molecule has 1 aliphatic carbocycles. The zero-order valence-corrected chi connectivity index (χ0v) is 18.5. The van der Waals surface area contributed by atoms with Gasteiger partial charge in [0.05, 0.1) is 5.41 Å². The topological polar surface area (TPSA) is 57.7 Å². The smallest absolute Gasteiger partial charge is 0.241 e. The molecule has 1 saturated heterocycles. The molecule has 1 saturated carbocycles. The van der Waals surface area contributed by atoms with Crippen molar-refractivity contribution in [2.45, 2.75) is 51.0 Å². The Morgan fingerprint density at radius 2 is 1.65 bits per heavy atom. The molecule has 2 fully saturated rings. The minimum atomic E-state index is -1.11. The average molecular weight is 419 g/mol. The minimum absolute atomic E-state index is 0.00830. The summed E-state index contributed by atoms with van der Waals surface area (Å²) in [6.07, 6.45) is 1.81. The maximum Gasteiger partial charge on any atom is 0.241 e. The first-order valence-corrected chi connectivity index (χ1v) is 11.1. The van der Waals surface area contributed by atoms with E-state index in [4.69, 9.17) is 0 Å². The standard InChI is InChI=1S/C26H30N2O3/c1-18(2)17-27(3)23(29)15-26(16-24(30)28(25(26)31)22-13-14-22)21-11-9-20(10-12-21)19-7-5-4-6-8-19/h4-12,18,22H,13-17H2,1-3H3/t26-/m0/s1. The third kappa shape index (κ3) is 4.14. The number of nitrogens with zero attached hydrogens (tertiary/aromatic N) is 2. The van der Waals surface area contributed by atoms with E-state index in [-0.39, 0.29) is 36.6 Å². The summed E-state index contributed by atoms with van der Waals surface area (Å²) in [5.41, 5.74) is 1.76. The first-order chi connectivity index (χ1) is 14.8. The maximum atomic E-state index is 13.6. The van der Waals surface area contributed by atoms with E-state index < -0.39 is 5.41 Å². The Bertz CT molecular complexity index is 979. The first kappa shape index (κ1) is 21.3. The van der Waals surface area contributed by atoms with Crippen LogP contribution in [-0.4, -0.2) is 47.2 Å². The summed E-state index contributed by atoms with van der Waals surface area (Å²) in [7, 11) is 1.77. The van der Waals surface area contributed by atoms with Crippen molar-refractivity contribution in [3.05, 3.63) is 60.2 Å². The van der Waals surface area contributed by atoms with Crippen LogP contribution in [0, 0.1) is 5.92 Å². The van der Waals surface area contributed by atoms with Crippen molar-refractivity contribution < 1.29 is 14.4 Å². The number of rotatable bonds is 7. The summed E-state index contributed by atoms with van der Waals surface area (Å²) in [6, 6.07) is 17.8. The quantitative estimate of drug-likeness (QED) is 0.638. The van der Waals surface area contributed by atoms with Gasteiger partial charge in [-0.05, 0) is 35.4 Å². The van der Waals surface area contributed by atoms with Gasteiger partial charge in [0.15, 0.2) is 0 Å². The highest BCUT2D eigenvalue weighted by Crippen LogP contribution is 2.44. The number of carbonyl (C=O) groups excluding carboxylic acids is 3. The third-order valence-corrected chi connectivity index (χ3v) is 6.32. The van der Waals surface area contributed by atoms with Gasteiger partial charge in [-0.2, -0.15) is 0 Å². The summed E-state index contributed by atoms with van der Waals surface area (Å²) in [4.78, 5) is 42.6. The van der Waals surface area contributed by atoms with Crippen molar-refractivity contribution in [2.75, 3.05) is 13.6 Å². The molecule has 0 N–H and O–H groups in total. The van der Waals surface area contributed by atoms with E-state index in [2.05, 4.69) is 13.8 Å². The van der Waals surface area contributed by atoms with Crippen LogP contribution >= 0.6 is 0 Å². The number of carbonyl (C=O) groups is 3. The molecule has 0 aromatic heterocycles. The van der Waals surface area contributed by atoms with E-state index in [1.54, 1.807) is 11.9 Å². The van der Waals surface area contributed by atoms with Gasteiger partial charge in [0.25, 0.3) is 0 Å². The van der Waals surface area contributed by atoms with Crippen LogP contribution in [0.5, 0.6) is 0 Å². The molecule has 31 heavy (non-hydrogen) atoms. The Morgan fingerprint density at radius 1 is 1.03 bits per heavy atom. The third-order valence-electron chi connectivity index (χ3n) is 6.32. The maximum absolute atomic E-state index is 13.6. The Labute approximate surface area is 184 Å². The largest absolute Gasteiger partial charge is 0.345 e. The van der Waals surface area contributed by atoms with Crippen molar-refractivity contribution in [1.82, 2.24) is 9.80 Å². The van der Waals surface area contributed by atoms with Crippen molar-refractivity contribution in [3.8, 4) is 11.1 Å². The monoisotopic (exact) mass is 418 g/mol. The Balaban J connectivity index is 1.68. The summed E-state index contributed by atoms with van der Waals surface area (Å²) >= 11 is 0. The molecule has 1 aliphatic heterocycles. The van der Waals surface area contributed by atoms with E-state index in [0.717, 1.165) is 29.5 Å². The lowest BCUT2D eigenvalue weighted by Crippen LogP contribution is -2.43. The first-order valence-electron chi connectivity index (χ1n) is 11.1. The molecule has 2 aromatic rings. The molecule has 2 aliphatic rings. The van der Waals surface area contributed by atoms with Crippen LogP contribution in [-0.2, 0) is 19.8 Å². The summed E-state index contributed by atoms with van der Waals surface area (Å²) in [5, 5.41) is 0. The molecule has 1 heterocycles. The van der Waals surface area contributed by atoms with Crippen LogP contribution in [0.2, 0.25) is 0 Å². The number of likely N-dealkylation sites (tertiary alicyclic amines) is 1. The highest BCUT2D eigenvalue weighted by molar-refractivity contribution is 6.11. The van der Waals surface area contributed by atoms with Gasteiger partial charge in [-0.1, -0.05) is 68.4 Å². The molecule has 162 valence electrons. The Kier molecular flexibility index (Phi) is 5.69. The molecule has 2 aromatic carbocycles. The zero-order chi connectivity index (χ0) is 22.2. The van der Waals surface area contributed by atoms with Crippen molar-refractivity contribution in [3.63, 3.8) is 0 Å². The molecule has 0 unspecified atom stereocenters. The van der Waals surface area contributed by atoms with Gasteiger partial charge < -0.3 is 4.90 Å². The molecule has 4 rings (SSSR count). The van der Waals surface area contributed by atoms with Gasteiger partial charge >= 0.3 is 0 Å². The van der Waals surface area contributed by atoms with Crippen LogP contribution in [0.1, 0.15) is 45.1 Å². The second-order valence-electron chi connectivity index (χ2n) is 9.35. The molecule has 3 amide bonds. The lowest BCUT2D eigenvalue weighted by atomic mass is 9.75. The van der Waals surface area contributed by atoms with Gasteiger partial charge in [-0.25, -0.2) is 0 Å². The number of imide groups is 1. The number of amides is 3. The average Bonchev–Trinajstić information content (AvgIpc) is 3.54. The second kappa shape index (κ2) is 8.29. The molecule has 5 heteroatoms. The lowest BCUT2D eigenvalue weighted by Gasteiger charge is -2.30.